The van der Waals surface area contributed by atoms with E-state index in [1.54, 1.807) is 7.11 Å². The number of nitrogens with one attached hydrogen (secondary N) is 1. The van der Waals surface area contributed by atoms with Crippen molar-refractivity contribution in [3.8, 4) is 0 Å². The van der Waals surface area contributed by atoms with E-state index in [0.29, 0.717) is 13.2 Å². The lowest BCUT2D eigenvalue weighted by molar-refractivity contribution is -0.123. The molecular weight excluding hydrogens is 226 g/mol. The third kappa shape index (κ3) is 4.15. The summed E-state index contributed by atoms with van der Waals surface area (Å²) in [6.45, 7) is 7.29. The van der Waals surface area contributed by atoms with Crippen molar-refractivity contribution in [1.29, 1.82) is 0 Å². The highest BCUT2D eigenvalue weighted by molar-refractivity contribution is 5.83. The van der Waals surface area contributed by atoms with Crippen molar-refractivity contribution in [2.45, 2.75) is 26.7 Å². The number of ether oxygens (including phenoxy) is 1. The third-order valence-corrected chi connectivity index (χ3v) is 2.99. The van der Waals surface area contributed by atoms with Crippen LogP contribution in [-0.4, -0.2) is 26.2 Å². The largest absolute Gasteiger partial charge is 0.383 e. The zero-order valence-corrected chi connectivity index (χ0v) is 11.7. The second-order valence-electron chi connectivity index (χ2n) is 4.92. The van der Waals surface area contributed by atoms with E-state index in [1.807, 2.05) is 31.2 Å². The van der Waals surface area contributed by atoms with E-state index >= 15 is 0 Å². The Bertz CT molecular complexity index is 371. The molecule has 3 heteroatoms. The number of carbonyl (C=O) groups is 1. The van der Waals surface area contributed by atoms with Crippen molar-refractivity contribution in [2.75, 3.05) is 20.3 Å². The molecule has 1 rings (SSSR count). The molecule has 0 bridgehead atoms. The normalized spacial score (nSPS) is 12.5. The molecule has 0 aliphatic rings. The number of amides is 1. The second-order valence-corrected chi connectivity index (χ2v) is 4.92. The molecule has 1 N–H and O–H groups in total. The van der Waals surface area contributed by atoms with E-state index < -0.39 is 0 Å². The van der Waals surface area contributed by atoms with Gasteiger partial charge in [0.25, 0.3) is 0 Å². The van der Waals surface area contributed by atoms with Crippen molar-refractivity contribution in [2.24, 2.45) is 5.92 Å². The van der Waals surface area contributed by atoms with Crippen LogP contribution in [0.1, 0.15) is 30.9 Å². The van der Waals surface area contributed by atoms with Crippen LogP contribution < -0.4 is 5.32 Å². The summed E-state index contributed by atoms with van der Waals surface area (Å²) in [5, 5.41) is 2.91. The molecule has 1 atom stereocenters. The molecule has 100 valence electrons. The third-order valence-electron chi connectivity index (χ3n) is 2.99. The van der Waals surface area contributed by atoms with Gasteiger partial charge in [0.2, 0.25) is 5.91 Å². The molecule has 1 unspecified atom stereocenters. The average molecular weight is 249 g/mol. The maximum atomic E-state index is 12.2. The van der Waals surface area contributed by atoms with Crippen molar-refractivity contribution in [3.63, 3.8) is 0 Å². The molecule has 0 saturated carbocycles. The number of benzene rings is 1. The number of carbonyl (C=O) groups excluding carboxylic acids is 1. The van der Waals surface area contributed by atoms with Gasteiger partial charge in [-0.1, -0.05) is 43.7 Å². The van der Waals surface area contributed by atoms with Crippen LogP contribution in [0.5, 0.6) is 0 Å². The Morgan fingerprint density at radius 1 is 1.28 bits per heavy atom. The van der Waals surface area contributed by atoms with E-state index in [9.17, 15) is 4.79 Å². The Labute approximate surface area is 110 Å². The van der Waals surface area contributed by atoms with Crippen molar-refractivity contribution in [1.82, 2.24) is 5.32 Å². The number of hydrogen-bond donors (Lipinski definition) is 1. The van der Waals surface area contributed by atoms with Gasteiger partial charge in [-0.25, -0.2) is 0 Å². The predicted octanol–water partition coefficient (Wildman–Crippen LogP) is 2.50. The molecule has 0 aliphatic heterocycles. The maximum Gasteiger partial charge on any atom is 0.227 e. The quantitative estimate of drug-likeness (QED) is 0.787. The van der Waals surface area contributed by atoms with Crippen molar-refractivity contribution in [3.05, 3.63) is 35.4 Å². The second kappa shape index (κ2) is 7.17. The molecule has 0 fully saturated rings. The van der Waals surface area contributed by atoms with Gasteiger partial charge in [-0.2, -0.15) is 0 Å². The summed E-state index contributed by atoms with van der Waals surface area (Å²) in [6, 6.07) is 8.17. The van der Waals surface area contributed by atoms with Crippen LogP contribution in [0.25, 0.3) is 0 Å². The zero-order valence-electron chi connectivity index (χ0n) is 11.7. The number of aryl methyl sites for hydroxylation is 1. The van der Waals surface area contributed by atoms with E-state index in [1.165, 1.54) is 5.56 Å². The summed E-state index contributed by atoms with van der Waals surface area (Å²) in [4.78, 5) is 12.2. The van der Waals surface area contributed by atoms with E-state index in [2.05, 4.69) is 19.2 Å². The number of rotatable bonds is 6. The van der Waals surface area contributed by atoms with E-state index in [0.717, 1.165) is 5.56 Å². The van der Waals surface area contributed by atoms with Gasteiger partial charge in [-0.3, -0.25) is 4.79 Å². The summed E-state index contributed by atoms with van der Waals surface area (Å²) in [5.74, 6) is 0.253. The van der Waals surface area contributed by atoms with Crippen molar-refractivity contribution < 1.29 is 9.53 Å². The number of hydrogen-bond acceptors (Lipinski definition) is 2. The van der Waals surface area contributed by atoms with Gasteiger partial charge in [0.05, 0.1) is 12.5 Å². The summed E-state index contributed by atoms with van der Waals surface area (Å²) in [7, 11) is 1.63. The zero-order chi connectivity index (χ0) is 13.5. The van der Waals surface area contributed by atoms with Crippen molar-refractivity contribution >= 4 is 5.91 Å². The first kappa shape index (κ1) is 14.7. The first-order valence-corrected chi connectivity index (χ1v) is 6.39. The first-order chi connectivity index (χ1) is 8.56. The highest BCUT2D eigenvalue weighted by Crippen LogP contribution is 2.24. The topological polar surface area (TPSA) is 38.3 Å². The molecule has 0 spiro atoms. The molecule has 0 heterocycles. The molecule has 0 aliphatic carbocycles. The molecule has 0 aromatic heterocycles. The van der Waals surface area contributed by atoms with Gasteiger partial charge in [0, 0.05) is 13.7 Å². The maximum absolute atomic E-state index is 12.2. The average Bonchev–Trinajstić information content (AvgIpc) is 2.32. The molecule has 1 aromatic rings. The first-order valence-electron chi connectivity index (χ1n) is 6.39. The van der Waals surface area contributed by atoms with E-state index in [4.69, 9.17) is 4.74 Å². The van der Waals surface area contributed by atoms with Gasteiger partial charge in [0.15, 0.2) is 0 Å². The van der Waals surface area contributed by atoms with E-state index in [-0.39, 0.29) is 17.7 Å². The minimum absolute atomic E-state index is 0.0749. The van der Waals surface area contributed by atoms with Crippen LogP contribution in [0.4, 0.5) is 0 Å². The van der Waals surface area contributed by atoms with Crippen LogP contribution in [0.3, 0.4) is 0 Å². The van der Waals surface area contributed by atoms with Gasteiger partial charge in [-0.05, 0) is 18.4 Å². The lowest BCUT2D eigenvalue weighted by atomic mass is 9.87. The molecule has 1 aromatic carbocycles. The summed E-state index contributed by atoms with van der Waals surface area (Å²) < 4.78 is 4.94. The monoisotopic (exact) mass is 249 g/mol. The fourth-order valence-electron chi connectivity index (χ4n) is 2.00. The molecule has 3 nitrogen and oxygen atoms in total. The molecule has 18 heavy (non-hydrogen) atoms. The molecule has 0 saturated heterocycles. The van der Waals surface area contributed by atoms with Gasteiger partial charge < -0.3 is 10.1 Å². The smallest absolute Gasteiger partial charge is 0.227 e. The standard InChI is InChI=1S/C15H23NO2/c1-11(2)14(15(17)16-9-10-18-4)13-7-5-12(3)6-8-13/h5-8,11,14H,9-10H2,1-4H3,(H,16,17). The minimum Gasteiger partial charge on any atom is -0.383 e. The summed E-state index contributed by atoms with van der Waals surface area (Å²) in [5.41, 5.74) is 2.28. The Kier molecular flexibility index (Phi) is 5.86. The van der Waals surface area contributed by atoms with Crippen LogP contribution in [-0.2, 0) is 9.53 Å². The van der Waals surface area contributed by atoms with Gasteiger partial charge in [-0.15, -0.1) is 0 Å². The lowest BCUT2D eigenvalue weighted by Gasteiger charge is -2.20. The highest BCUT2D eigenvalue weighted by Gasteiger charge is 2.23. The summed E-state index contributed by atoms with van der Waals surface area (Å²) >= 11 is 0. The Hall–Kier alpha value is -1.35. The SMILES string of the molecule is COCCNC(=O)C(c1ccc(C)cc1)C(C)C. The Morgan fingerprint density at radius 3 is 2.39 bits per heavy atom. The number of methoxy groups -OCH3 is 1. The Morgan fingerprint density at radius 2 is 1.89 bits per heavy atom. The predicted molar refractivity (Wildman–Crippen MR) is 73.6 cm³/mol. The van der Waals surface area contributed by atoms with Crippen LogP contribution in [0.2, 0.25) is 0 Å². The molecular formula is C15H23NO2. The lowest BCUT2D eigenvalue weighted by Crippen LogP contribution is -2.34. The van der Waals surface area contributed by atoms with Crippen LogP contribution in [0, 0.1) is 12.8 Å². The fraction of sp³-hybridized carbons (Fsp3) is 0.533. The molecule has 0 radical (unpaired) electrons. The fourth-order valence-corrected chi connectivity index (χ4v) is 2.00. The minimum atomic E-state index is -0.0949. The Balaban J connectivity index is 2.76. The van der Waals surface area contributed by atoms with Crippen LogP contribution >= 0.6 is 0 Å². The van der Waals surface area contributed by atoms with Gasteiger partial charge >= 0.3 is 0 Å². The molecule has 1 amide bonds. The summed E-state index contributed by atoms with van der Waals surface area (Å²) in [6.07, 6.45) is 0. The van der Waals surface area contributed by atoms with Crippen LogP contribution in [0.15, 0.2) is 24.3 Å². The highest BCUT2D eigenvalue weighted by atomic mass is 16.5. The van der Waals surface area contributed by atoms with Gasteiger partial charge in [0.1, 0.15) is 0 Å².